The number of aromatic nitrogens is 4. The Bertz CT molecular complexity index is 2510. The SMILES string of the molecule is Cc1cc(C)c(C(=O)OC[C@H]2O[C@@H](n3cnc4c(S(=O)(=O)CCC(C)C)ncnc43)C(OC(=O)c3c(C)cc(C)cc3C)C2OC(=O)c2c(C)cc(C)cc2C)c(C)c1. The first-order valence-corrected chi connectivity index (χ1v) is 21.3. The van der Waals surface area contributed by atoms with E-state index < -0.39 is 58.9 Å². The Labute approximate surface area is 345 Å². The smallest absolute Gasteiger partial charge is 0.339 e. The molecule has 3 aromatic carbocycles. The summed E-state index contributed by atoms with van der Waals surface area (Å²) < 4.78 is 53.8. The maximum Gasteiger partial charge on any atom is 0.339 e. The van der Waals surface area contributed by atoms with Gasteiger partial charge in [-0.05, 0) is 108 Å². The topological polar surface area (TPSA) is 166 Å². The fourth-order valence-electron chi connectivity index (χ4n) is 8.17. The third kappa shape index (κ3) is 8.93. The number of aryl methyl sites for hydroxylation is 9. The van der Waals surface area contributed by atoms with Gasteiger partial charge in [-0.3, -0.25) is 4.57 Å². The second-order valence-corrected chi connectivity index (χ2v) is 18.3. The Hall–Kier alpha value is -5.47. The minimum absolute atomic E-state index is 0.00481. The maximum atomic E-state index is 14.3. The van der Waals surface area contributed by atoms with Gasteiger partial charge in [0.2, 0.25) is 0 Å². The van der Waals surface area contributed by atoms with Crippen molar-refractivity contribution in [3.8, 4) is 0 Å². The number of carbonyl (C=O) groups excluding carboxylic acids is 3. The zero-order chi connectivity index (χ0) is 43.1. The highest BCUT2D eigenvalue weighted by Gasteiger charge is 2.52. The molecular weight excluding hydrogens is 773 g/mol. The summed E-state index contributed by atoms with van der Waals surface area (Å²) >= 11 is 0. The van der Waals surface area contributed by atoms with E-state index in [-0.39, 0.29) is 27.9 Å². The third-order valence-corrected chi connectivity index (χ3v) is 12.3. The number of fused-ring (bicyclic) bond motifs is 1. The molecule has 1 aliphatic heterocycles. The normalized spacial score (nSPS) is 18.0. The van der Waals surface area contributed by atoms with E-state index in [1.807, 2.05) is 84.9 Å². The standard InChI is InChI=1S/C45H52N4O9S/c1-23(2)12-13-59(53,54)41-37-40(46-21-47-41)49(22-48-37)42-39(58-45(52)36-31(10)18-26(5)19-32(36)11)38(57-44(51)35-29(8)16-25(4)17-30(35)9)33(56-42)20-55-43(50)34-27(6)14-24(3)15-28(34)7/h14-19,21-23,33,38-39,42H,12-13,20H2,1-11H3/t33-,38?,39?,42-/m1/s1. The third-order valence-electron chi connectivity index (χ3n) is 10.7. The quantitative estimate of drug-likeness (QED) is 0.0687. The van der Waals surface area contributed by atoms with Gasteiger partial charge in [0.25, 0.3) is 0 Å². The molecular formula is C45H52N4O9S. The lowest BCUT2D eigenvalue weighted by Crippen LogP contribution is -2.41. The minimum atomic E-state index is -3.89. The molecule has 1 saturated heterocycles. The van der Waals surface area contributed by atoms with Crippen molar-refractivity contribution in [1.82, 2.24) is 19.5 Å². The van der Waals surface area contributed by atoms with E-state index in [0.717, 1.165) is 34.1 Å². The van der Waals surface area contributed by atoms with Gasteiger partial charge in [-0.1, -0.05) is 66.9 Å². The first kappa shape index (κ1) is 43.1. The molecule has 14 heteroatoms. The van der Waals surface area contributed by atoms with Crippen LogP contribution in [-0.2, 0) is 28.8 Å². The number of hydrogen-bond donors (Lipinski definition) is 0. The molecule has 59 heavy (non-hydrogen) atoms. The summed E-state index contributed by atoms with van der Waals surface area (Å²) in [5.41, 5.74) is 8.18. The number of esters is 3. The average molecular weight is 825 g/mol. The van der Waals surface area contributed by atoms with Gasteiger partial charge in [0, 0.05) is 0 Å². The predicted octanol–water partition coefficient (Wildman–Crippen LogP) is 7.63. The van der Waals surface area contributed by atoms with Crippen LogP contribution in [-0.4, -0.2) is 76.5 Å². The molecule has 0 radical (unpaired) electrons. The largest absolute Gasteiger partial charge is 0.459 e. The van der Waals surface area contributed by atoms with Crippen LogP contribution in [0.4, 0.5) is 0 Å². The van der Waals surface area contributed by atoms with Crippen LogP contribution in [0.3, 0.4) is 0 Å². The lowest BCUT2D eigenvalue weighted by Gasteiger charge is -2.26. The van der Waals surface area contributed by atoms with Crippen molar-refractivity contribution in [2.75, 3.05) is 12.4 Å². The van der Waals surface area contributed by atoms with Crippen molar-refractivity contribution in [3.05, 3.63) is 116 Å². The molecule has 0 N–H and O–H groups in total. The van der Waals surface area contributed by atoms with Crippen LogP contribution < -0.4 is 0 Å². The van der Waals surface area contributed by atoms with Crippen LogP contribution in [0.5, 0.6) is 0 Å². The first-order valence-electron chi connectivity index (χ1n) is 19.7. The molecule has 3 heterocycles. The molecule has 0 amide bonds. The van der Waals surface area contributed by atoms with Crippen LogP contribution in [0.25, 0.3) is 11.2 Å². The van der Waals surface area contributed by atoms with E-state index in [0.29, 0.717) is 45.4 Å². The zero-order valence-electron chi connectivity index (χ0n) is 35.5. The number of rotatable bonds is 12. The molecule has 0 bridgehead atoms. The average Bonchev–Trinajstić information content (AvgIpc) is 3.69. The second-order valence-electron chi connectivity index (χ2n) is 16.2. The fourth-order valence-corrected chi connectivity index (χ4v) is 9.79. The van der Waals surface area contributed by atoms with Gasteiger partial charge in [0.1, 0.15) is 24.6 Å². The summed E-state index contributed by atoms with van der Waals surface area (Å²) in [6, 6.07) is 11.2. The molecule has 312 valence electrons. The summed E-state index contributed by atoms with van der Waals surface area (Å²) in [6.07, 6.45) is -2.33. The lowest BCUT2D eigenvalue weighted by atomic mass is 9.99. The van der Waals surface area contributed by atoms with Gasteiger partial charge in [-0.2, -0.15) is 0 Å². The molecule has 0 aliphatic carbocycles. The van der Waals surface area contributed by atoms with Gasteiger partial charge in [-0.15, -0.1) is 0 Å². The Kier molecular flexibility index (Phi) is 12.4. The Morgan fingerprint density at radius 2 is 1.14 bits per heavy atom. The number of benzene rings is 3. The summed E-state index contributed by atoms with van der Waals surface area (Å²) in [7, 11) is -3.89. The summed E-state index contributed by atoms with van der Waals surface area (Å²) in [4.78, 5) is 55.3. The molecule has 0 saturated carbocycles. The molecule has 2 aromatic heterocycles. The lowest BCUT2D eigenvalue weighted by molar-refractivity contribution is -0.0607. The highest BCUT2D eigenvalue weighted by molar-refractivity contribution is 7.91. The Morgan fingerprint density at radius 3 is 1.61 bits per heavy atom. The van der Waals surface area contributed by atoms with Crippen molar-refractivity contribution in [3.63, 3.8) is 0 Å². The molecule has 1 aliphatic rings. The van der Waals surface area contributed by atoms with Crippen molar-refractivity contribution in [2.24, 2.45) is 5.92 Å². The molecule has 2 unspecified atom stereocenters. The second kappa shape index (κ2) is 17.0. The monoisotopic (exact) mass is 824 g/mol. The molecule has 0 spiro atoms. The van der Waals surface area contributed by atoms with E-state index in [2.05, 4.69) is 15.0 Å². The van der Waals surface area contributed by atoms with Crippen LogP contribution in [0.1, 0.15) is 108 Å². The number of hydrogen-bond acceptors (Lipinski definition) is 12. The molecule has 4 atom stereocenters. The van der Waals surface area contributed by atoms with E-state index in [9.17, 15) is 22.8 Å². The van der Waals surface area contributed by atoms with Crippen molar-refractivity contribution < 1.29 is 41.7 Å². The van der Waals surface area contributed by atoms with Gasteiger partial charge >= 0.3 is 17.9 Å². The summed E-state index contributed by atoms with van der Waals surface area (Å²) in [5.74, 6) is -2.04. The summed E-state index contributed by atoms with van der Waals surface area (Å²) in [5, 5.41) is -0.248. The van der Waals surface area contributed by atoms with Crippen LogP contribution in [0, 0.1) is 68.2 Å². The van der Waals surface area contributed by atoms with Crippen molar-refractivity contribution in [2.45, 2.75) is 112 Å². The predicted molar refractivity (Wildman–Crippen MR) is 221 cm³/mol. The van der Waals surface area contributed by atoms with Crippen molar-refractivity contribution >= 4 is 38.9 Å². The number of sulfone groups is 1. The number of ether oxygens (including phenoxy) is 4. The van der Waals surface area contributed by atoms with Gasteiger partial charge in [-0.25, -0.2) is 37.8 Å². The number of carbonyl (C=O) groups is 3. The Morgan fingerprint density at radius 1 is 0.678 bits per heavy atom. The fraction of sp³-hybridized carbons (Fsp3) is 0.422. The van der Waals surface area contributed by atoms with E-state index in [1.165, 1.54) is 10.9 Å². The minimum Gasteiger partial charge on any atom is -0.459 e. The summed E-state index contributed by atoms with van der Waals surface area (Å²) in [6.45, 7) is 20.1. The maximum absolute atomic E-state index is 14.3. The zero-order valence-corrected chi connectivity index (χ0v) is 36.3. The van der Waals surface area contributed by atoms with Gasteiger partial charge in [0.05, 0.1) is 28.8 Å². The van der Waals surface area contributed by atoms with Crippen molar-refractivity contribution in [1.29, 1.82) is 0 Å². The highest BCUT2D eigenvalue weighted by Crippen LogP contribution is 2.38. The van der Waals surface area contributed by atoms with E-state index in [1.54, 1.807) is 27.7 Å². The van der Waals surface area contributed by atoms with Crippen LogP contribution >= 0.6 is 0 Å². The van der Waals surface area contributed by atoms with Gasteiger partial charge in [0.15, 0.2) is 38.9 Å². The molecule has 13 nitrogen and oxygen atoms in total. The van der Waals surface area contributed by atoms with E-state index in [4.69, 9.17) is 18.9 Å². The van der Waals surface area contributed by atoms with Crippen LogP contribution in [0.15, 0.2) is 54.1 Å². The Balaban J connectivity index is 1.47. The highest BCUT2D eigenvalue weighted by atomic mass is 32.2. The number of nitrogens with zero attached hydrogens (tertiary/aromatic N) is 4. The molecule has 1 fully saturated rings. The first-order chi connectivity index (χ1) is 27.8. The van der Waals surface area contributed by atoms with E-state index >= 15 is 0 Å². The van der Waals surface area contributed by atoms with Gasteiger partial charge < -0.3 is 18.9 Å². The number of imidazole rings is 1. The molecule has 6 rings (SSSR count). The van der Waals surface area contributed by atoms with Crippen LogP contribution in [0.2, 0.25) is 0 Å². The molecule has 5 aromatic rings.